The van der Waals surface area contributed by atoms with Crippen LogP contribution in [-0.2, 0) is 15.5 Å². The lowest BCUT2D eigenvalue weighted by molar-refractivity contribution is 0.104. The van der Waals surface area contributed by atoms with Crippen molar-refractivity contribution in [3.8, 4) is 0 Å². The molecule has 0 aliphatic carbocycles. The van der Waals surface area contributed by atoms with Gasteiger partial charge in [0.1, 0.15) is 0 Å². The molecule has 0 spiro atoms. The summed E-state index contributed by atoms with van der Waals surface area (Å²) in [5.41, 5.74) is -0.478. The molecule has 0 radical (unpaired) electrons. The molecule has 0 aliphatic heterocycles. The maximum Gasteiger partial charge on any atom is 0.302 e. The molecule has 0 fully saturated rings. The van der Waals surface area contributed by atoms with E-state index in [9.17, 15) is 4.21 Å². The first-order valence-electron chi connectivity index (χ1n) is 3.28. The van der Waals surface area contributed by atoms with E-state index in [-0.39, 0.29) is 0 Å². The first-order chi connectivity index (χ1) is 4.48. The van der Waals surface area contributed by atoms with Crippen molar-refractivity contribution in [3.63, 3.8) is 0 Å². The van der Waals surface area contributed by atoms with E-state index < -0.39 is 17.0 Å². The van der Waals surface area contributed by atoms with Crippen molar-refractivity contribution in [1.29, 1.82) is 0 Å². The molecule has 0 aromatic carbocycles. The van der Waals surface area contributed by atoms with E-state index in [4.69, 9.17) is 8.74 Å². The Morgan fingerprint density at radius 3 is 2.40 bits per heavy atom. The highest BCUT2D eigenvalue weighted by Crippen LogP contribution is 2.16. The molecule has 4 heteroatoms. The number of rotatable bonds is 4. The first-order valence-corrected chi connectivity index (χ1v) is 4.31. The lowest BCUT2D eigenvalue weighted by Gasteiger charge is -2.20. The molecule has 0 aromatic heterocycles. The summed E-state index contributed by atoms with van der Waals surface area (Å²) in [7, 11) is 0. The third-order valence-electron chi connectivity index (χ3n) is 1.15. The molecular formula is C6H14O3S. The van der Waals surface area contributed by atoms with Crippen LogP contribution in [0, 0.1) is 0 Å². The summed E-state index contributed by atoms with van der Waals surface area (Å²) in [5.74, 6) is 0. The van der Waals surface area contributed by atoms with Gasteiger partial charge in [0.05, 0.1) is 5.60 Å². The highest BCUT2D eigenvalue weighted by atomic mass is 32.2. The third-order valence-corrected chi connectivity index (χ3v) is 1.74. The van der Waals surface area contributed by atoms with Crippen LogP contribution >= 0.6 is 0 Å². The normalized spacial score (nSPS) is 15.2. The maximum atomic E-state index is 10.2. The second kappa shape index (κ2) is 4.05. The van der Waals surface area contributed by atoms with E-state index >= 15 is 0 Å². The zero-order valence-corrected chi connectivity index (χ0v) is 7.40. The minimum absolute atomic E-state index is 0.478. The molecule has 0 saturated carbocycles. The van der Waals surface area contributed by atoms with Gasteiger partial charge in [-0.05, 0) is 20.3 Å². The summed E-state index contributed by atoms with van der Waals surface area (Å²) in [6, 6.07) is 0. The van der Waals surface area contributed by atoms with Crippen molar-refractivity contribution in [3.05, 3.63) is 0 Å². The quantitative estimate of drug-likeness (QED) is 0.647. The van der Waals surface area contributed by atoms with E-state index in [2.05, 4.69) is 0 Å². The summed E-state index contributed by atoms with van der Waals surface area (Å²) in [6.07, 6.45) is 1.74. The van der Waals surface area contributed by atoms with Crippen LogP contribution in [-0.4, -0.2) is 14.4 Å². The molecule has 0 bridgehead atoms. The van der Waals surface area contributed by atoms with Crippen molar-refractivity contribution >= 4 is 11.4 Å². The molecule has 0 heterocycles. The van der Waals surface area contributed by atoms with Gasteiger partial charge in [0.25, 0.3) is 0 Å². The van der Waals surface area contributed by atoms with Gasteiger partial charge in [-0.1, -0.05) is 13.3 Å². The van der Waals surface area contributed by atoms with Gasteiger partial charge >= 0.3 is 11.4 Å². The van der Waals surface area contributed by atoms with Gasteiger partial charge < -0.3 is 0 Å². The van der Waals surface area contributed by atoms with Crippen molar-refractivity contribution in [2.45, 2.75) is 39.2 Å². The third kappa shape index (κ3) is 4.90. The van der Waals surface area contributed by atoms with Gasteiger partial charge in [-0.15, -0.1) is 0 Å². The first kappa shape index (κ1) is 10.1. The molecule has 62 valence electrons. The van der Waals surface area contributed by atoms with Crippen LogP contribution < -0.4 is 0 Å². The lowest BCUT2D eigenvalue weighted by Crippen LogP contribution is -2.24. The second-order valence-corrected chi connectivity index (χ2v) is 3.41. The fourth-order valence-corrected chi connectivity index (χ4v) is 1.31. The number of hydrogen-bond donors (Lipinski definition) is 1. The molecule has 0 saturated heterocycles. The highest BCUT2D eigenvalue weighted by Gasteiger charge is 2.19. The van der Waals surface area contributed by atoms with Gasteiger partial charge in [-0.2, -0.15) is 4.21 Å². The van der Waals surface area contributed by atoms with Gasteiger partial charge in [0.15, 0.2) is 0 Å². The second-order valence-electron chi connectivity index (χ2n) is 2.81. The Morgan fingerprint density at radius 1 is 1.60 bits per heavy atom. The fraction of sp³-hybridized carbons (Fsp3) is 1.00. The van der Waals surface area contributed by atoms with Gasteiger partial charge in [-0.25, -0.2) is 0 Å². The predicted molar refractivity (Wildman–Crippen MR) is 40.8 cm³/mol. The van der Waals surface area contributed by atoms with Crippen LogP contribution in [0.1, 0.15) is 33.6 Å². The average Bonchev–Trinajstić information content (AvgIpc) is 1.59. The van der Waals surface area contributed by atoms with E-state index in [1.54, 1.807) is 13.8 Å². The summed E-state index contributed by atoms with van der Waals surface area (Å²) in [5, 5.41) is 0. The number of hydrogen-bond acceptors (Lipinski definition) is 2. The van der Waals surface area contributed by atoms with Crippen LogP contribution in [0.4, 0.5) is 0 Å². The van der Waals surface area contributed by atoms with Crippen LogP contribution in [0.3, 0.4) is 0 Å². The highest BCUT2D eigenvalue weighted by molar-refractivity contribution is 7.74. The van der Waals surface area contributed by atoms with E-state index in [1.807, 2.05) is 6.92 Å². The van der Waals surface area contributed by atoms with Gasteiger partial charge in [0.2, 0.25) is 0 Å². The maximum absolute atomic E-state index is 10.2. The van der Waals surface area contributed by atoms with Crippen LogP contribution in [0.2, 0.25) is 0 Å². The molecule has 0 amide bonds. The van der Waals surface area contributed by atoms with Crippen LogP contribution in [0.15, 0.2) is 0 Å². The Hall–Kier alpha value is 0.0700. The van der Waals surface area contributed by atoms with Gasteiger partial charge in [0, 0.05) is 0 Å². The largest absolute Gasteiger partial charge is 0.302 e. The summed E-state index contributed by atoms with van der Waals surface area (Å²) in [6.45, 7) is 5.60. The summed E-state index contributed by atoms with van der Waals surface area (Å²) < 4.78 is 23.2. The molecule has 0 aliphatic rings. The smallest absolute Gasteiger partial charge is 0.284 e. The van der Waals surface area contributed by atoms with Crippen molar-refractivity contribution in [2.24, 2.45) is 0 Å². The molecular weight excluding hydrogens is 152 g/mol. The molecule has 0 aromatic rings. The molecule has 1 unspecified atom stereocenters. The van der Waals surface area contributed by atoms with E-state index in [0.29, 0.717) is 0 Å². The van der Waals surface area contributed by atoms with E-state index in [1.165, 1.54) is 0 Å². The Morgan fingerprint density at radius 2 is 2.10 bits per heavy atom. The van der Waals surface area contributed by atoms with Crippen molar-refractivity contribution in [2.75, 3.05) is 0 Å². The zero-order valence-electron chi connectivity index (χ0n) is 6.59. The topological polar surface area (TPSA) is 46.5 Å². The van der Waals surface area contributed by atoms with Crippen molar-refractivity contribution in [1.82, 2.24) is 0 Å². The standard InChI is InChI=1S/C6H14O3S/c1-4-5-6(2,3)9-10(7)8/h4-5H2,1-3H3,(H,7,8). The predicted octanol–water partition coefficient (Wildman–Crippen LogP) is 1.72. The van der Waals surface area contributed by atoms with Crippen LogP contribution in [0.5, 0.6) is 0 Å². The zero-order chi connectivity index (χ0) is 8.20. The van der Waals surface area contributed by atoms with Gasteiger partial charge in [-0.3, -0.25) is 8.74 Å². The molecule has 1 atom stereocenters. The summed E-state index contributed by atoms with van der Waals surface area (Å²) >= 11 is -2.14. The molecule has 3 nitrogen and oxygen atoms in total. The van der Waals surface area contributed by atoms with Crippen molar-refractivity contribution < 1.29 is 12.9 Å². The molecule has 0 rings (SSSR count). The average molecular weight is 166 g/mol. The Kier molecular flexibility index (Phi) is 4.08. The monoisotopic (exact) mass is 166 g/mol. The molecule has 10 heavy (non-hydrogen) atoms. The minimum Gasteiger partial charge on any atom is -0.284 e. The summed E-state index contributed by atoms with van der Waals surface area (Å²) in [4.78, 5) is 0. The lowest BCUT2D eigenvalue weighted by atomic mass is 10.0. The Labute approximate surface area is 64.3 Å². The minimum atomic E-state index is -2.14. The Bertz CT molecular complexity index is 122. The SMILES string of the molecule is CCCC(C)(C)OS(=O)O. The fourth-order valence-electron chi connectivity index (χ4n) is 0.837. The van der Waals surface area contributed by atoms with E-state index in [0.717, 1.165) is 12.8 Å². The molecule has 1 N–H and O–H groups in total. The van der Waals surface area contributed by atoms with Crippen LogP contribution in [0.25, 0.3) is 0 Å². The Balaban J connectivity index is 3.74.